The van der Waals surface area contributed by atoms with Crippen molar-refractivity contribution in [2.75, 3.05) is 6.61 Å². The van der Waals surface area contributed by atoms with Gasteiger partial charge in [-0.15, -0.1) is 0 Å². The molecule has 0 saturated heterocycles. The van der Waals surface area contributed by atoms with Gasteiger partial charge in [0.1, 0.15) is 11.5 Å². The van der Waals surface area contributed by atoms with Gasteiger partial charge in [0.15, 0.2) is 0 Å². The Balaban J connectivity index is 1.86. The highest BCUT2D eigenvalue weighted by Gasteiger charge is 2.11. The highest BCUT2D eigenvalue weighted by atomic mass is 16.7. The van der Waals surface area contributed by atoms with Gasteiger partial charge in [-0.3, -0.25) is 0 Å². The number of hydrogen-bond donors (Lipinski definition) is 0. The molecule has 0 radical (unpaired) electrons. The first-order valence-electron chi connectivity index (χ1n) is 8.29. The number of nitrogens with zero attached hydrogens (tertiary/aromatic N) is 1. The minimum absolute atomic E-state index is 0.278. The summed E-state index contributed by atoms with van der Waals surface area (Å²) in [6.07, 6.45) is 2.06. The quantitative estimate of drug-likeness (QED) is 0.316. The second-order valence-corrected chi connectivity index (χ2v) is 5.46. The van der Waals surface area contributed by atoms with Gasteiger partial charge < -0.3 is 14.2 Å². The molecule has 0 amide bonds. The molecule has 6 nitrogen and oxygen atoms in total. The maximum Gasteiger partial charge on any atom is 0.513 e. The maximum absolute atomic E-state index is 12.1. The molecule has 0 atom stereocenters. The Labute approximate surface area is 151 Å². The monoisotopic (exact) mass is 353 g/mol. The van der Waals surface area contributed by atoms with Crippen molar-refractivity contribution in [2.45, 2.75) is 26.2 Å². The fraction of sp³-hybridized carbons (Fsp3) is 0.250. The predicted molar refractivity (Wildman–Crippen MR) is 94.1 cm³/mol. The Bertz CT molecular complexity index is 775. The number of carbonyl (C=O) groups is 2. The van der Waals surface area contributed by atoms with Crippen LogP contribution in [0.5, 0.6) is 11.5 Å². The smallest absolute Gasteiger partial charge is 0.434 e. The van der Waals surface area contributed by atoms with E-state index in [-0.39, 0.29) is 5.75 Å². The molecule has 0 heterocycles. The third-order valence-corrected chi connectivity index (χ3v) is 3.45. The van der Waals surface area contributed by atoms with E-state index in [4.69, 9.17) is 19.5 Å². The molecule has 0 bridgehead atoms. The molecule has 0 N–H and O–H groups in total. The van der Waals surface area contributed by atoms with Gasteiger partial charge >= 0.3 is 12.1 Å². The Morgan fingerprint density at radius 1 is 0.923 bits per heavy atom. The number of carbonyl (C=O) groups excluding carboxylic acids is 2. The molecule has 0 spiro atoms. The SMILES string of the molecule is CCCCCOC(=O)Oc1ccc(C(=O)Oc2ccc(C#N)cc2)cc1. The van der Waals surface area contributed by atoms with Crippen LogP contribution in [-0.4, -0.2) is 18.7 Å². The molecule has 0 aromatic heterocycles. The summed E-state index contributed by atoms with van der Waals surface area (Å²) in [5.74, 6) is 0.0637. The van der Waals surface area contributed by atoms with E-state index in [0.717, 1.165) is 19.3 Å². The summed E-state index contributed by atoms with van der Waals surface area (Å²) in [4.78, 5) is 23.6. The van der Waals surface area contributed by atoms with E-state index >= 15 is 0 Å². The van der Waals surface area contributed by atoms with Crippen molar-refractivity contribution in [3.63, 3.8) is 0 Å². The van der Waals surface area contributed by atoms with Gasteiger partial charge in [0, 0.05) is 0 Å². The molecular formula is C20H19NO5. The van der Waals surface area contributed by atoms with Crippen LogP contribution in [-0.2, 0) is 4.74 Å². The van der Waals surface area contributed by atoms with E-state index in [1.54, 1.807) is 24.3 Å². The van der Waals surface area contributed by atoms with Crippen LogP contribution in [0.15, 0.2) is 48.5 Å². The van der Waals surface area contributed by atoms with Crippen LogP contribution in [0, 0.1) is 11.3 Å². The number of ether oxygens (including phenoxy) is 3. The third-order valence-electron chi connectivity index (χ3n) is 3.45. The van der Waals surface area contributed by atoms with Crippen molar-refractivity contribution < 1.29 is 23.8 Å². The highest BCUT2D eigenvalue weighted by molar-refractivity contribution is 5.91. The average Bonchev–Trinajstić information content (AvgIpc) is 2.66. The molecule has 0 unspecified atom stereocenters. The Hall–Kier alpha value is -3.33. The average molecular weight is 353 g/mol. The summed E-state index contributed by atoms with van der Waals surface area (Å²) in [5, 5.41) is 8.75. The lowest BCUT2D eigenvalue weighted by molar-refractivity contribution is 0.0734. The number of benzene rings is 2. The number of hydrogen-bond acceptors (Lipinski definition) is 6. The van der Waals surface area contributed by atoms with Gasteiger partial charge in [0.2, 0.25) is 0 Å². The van der Waals surface area contributed by atoms with Crippen molar-refractivity contribution in [3.8, 4) is 17.6 Å². The van der Waals surface area contributed by atoms with Crippen molar-refractivity contribution in [1.82, 2.24) is 0 Å². The molecular weight excluding hydrogens is 334 g/mol. The molecule has 0 saturated carbocycles. The van der Waals surface area contributed by atoms with E-state index < -0.39 is 12.1 Å². The summed E-state index contributed by atoms with van der Waals surface area (Å²) in [7, 11) is 0. The first-order chi connectivity index (χ1) is 12.6. The fourth-order valence-corrected chi connectivity index (χ4v) is 2.06. The molecule has 2 rings (SSSR count). The van der Waals surface area contributed by atoms with Gasteiger partial charge in [0.05, 0.1) is 23.8 Å². The Morgan fingerprint density at radius 2 is 1.54 bits per heavy atom. The van der Waals surface area contributed by atoms with Crippen molar-refractivity contribution in [1.29, 1.82) is 5.26 Å². The van der Waals surface area contributed by atoms with E-state index in [0.29, 0.717) is 23.5 Å². The van der Waals surface area contributed by atoms with Gasteiger partial charge in [-0.05, 0) is 55.0 Å². The lowest BCUT2D eigenvalue weighted by Crippen LogP contribution is -2.12. The topological polar surface area (TPSA) is 85.6 Å². The lowest BCUT2D eigenvalue weighted by atomic mass is 10.2. The minimum Gasteiger partial charge on any atom is -0.434 e. The Morgan fingerprint density at radius 3 is 2.15 bits per heavy atom. The molecule has 0 aliphatic carbocycles. The molecule has 0 aliphatic heterocycles. The molecule has 0 aliphatic rings. The summed E-state index contributed by atoms with van der Waals surface area (Å²) in [6, 6.07) is 14.2. The van der Waals surface area contributed by atoms with Crippen molar-refractivity contribution in [3.05, 3.63) is 59.7 Å². The van der Waals surface area contributed by atoms with E-state index in [1.165, 1.54) is 24.3 Å². The fourth-order valence-electron chi connectivity index (χ4n) is 2.06. The van der Waals surface area contributed by atoms with Crippen LogP contribution in [0.3, 0.4) is 0 Å². The first kappa shape index (κ1) is 19.0. The Kier molecular flexibility index (Phi) is 7.19. The van der Waals surface area contributed by atoms with Crippen molar-refractivity contribution >= 4 is 12.1 Å². The van der Waals surface area contributed by atoms with Crippen LogP contribution in [0.4, 0.5) is 4.79 Å². The van der Waals surface area contributed by atoms with Crippen molar-refractivity contribution in [2.24, 2.45) is 0 Å². The minimum atomic E-state index is -0.769. The van der Waals surface area contributed by atoms with Crippen LogP contribution >= 0.6 is 0 Å². The number of esters is 1. The maximum atomic E-state index is 12.1. The molecule has 2 aromatic rings. The van der Waals surface area contributed by atoms with Crippen LogP contribution in [0.2, 0.25) is 0 Å². The second kappa shape index (κ2) is 9.84. The van der Waals surface area contributed by atoms with Gasteiger partial charge in [-0.2, -0.15) is 5.26 Å². The zero-order chi connectivity index (χ0) is 18.8. The number of unbranched alkanes of at least 4 members (excludes halogenated alkanes) is 2. The zero-order valence-electron chi connectivity index (χ0n) is 14.4. The number of rotatable bonds is 7. The van der Waals surface area contributed by atoms with E-state index in [2.05, 4.69) is 6.92 Å². The van der Waals surface area contributed by atoms with Gasteiger partial charge in [-0.1, -0.05) is 19.8 Å². The second-order valence-electron chi connectivity index (χ2n) is 5.46. The molecule has 134 valence electrons. The highest BCUT2D eigenvalue weighted by Crippen LogP contribution is 2.17. The standard InChI is InChI=1S/C20H19NO5/c1-2-3-4-13-24-20(23)26-18-11-7-16(8-12-18)19(22)25-17-9-5-15(14-21)6-10-17/h5-12H,2-4,13H2,1H3. The first-order valence-corrected chi connectivity index (χ1v) is 8.29. The normalized spacial score (nSPS) is 9.85. The van der Waals surface area contributed by atoms with Crippen LogP contribution in [0.1, 0.15) is 42.1 Å². The van der Waals surface area contributed by atoms with Gasteiger partial charge in [-0.25, -0.2) is 9.59 Å². The largest absolute Gasteiger partial charge is 0.513 e. The third kappa shape index (κ3) is 5.95. The lowest BCUT2D eigenvalue weighted by Gasteiger charge is -2.07. The molecule has 26 heavy (non-hydrogen) atoms. The molecule has 0 fully saturated rings. The van der Waals surface area contributed by atoms with Gasteiger partial charge in [0.25, 0.3) is 0 Å². The summed E-state index contributed by atoms with van der Waals surface area (Å²) in [6.45, 7) is 2.38. The summed E-state index contributed by atoms with van der Waals surface area (Å²) < 4.78 is 15.2. The molecule has 2 aromatic carbocycles. The summed E-state index contributed by atoms with van der Waals surface area (Å²) in [5.41, 5.74) is 0.783. The summed E-state index contributed by atoms with van der Waals surface area (Å²) >= 11 is 0. The number of nitriles is 1. The van der Waals surface area contributed by atoms with Crippen LogP contribution in [0.25, 0.3) is 0 Å². The van der Waals surface area contributed by atoms with Crippen LogP contribution < -0.4 is 9.47 Å². The molecule has 6 heteroatoms. The zero-order valence-corrected chi connectivity index (χ0v) is 14.4. The van der Waals surface area contributed by atoms with E-state index in [1.807, 2.05) is 6.07 Å². The predicted octanol–water partition coefficient (Wildman–Crippen LogP) is 4.48. The van der Waals surface area contributed by atoms with E-state index in [9.17, 15) is 9.59 Å².